The van der Waals surface area contributed by atoms with Gasteiger partial charge in [-0.05, 0) is 59.7 Å². The van der Waals surface area contributed by atoms with E-state index in [0.717, 1.165) is 25.4 Å². The van der Waals surface area contributed by atoms with Crippen LogP contribution in [0.2, 0.25) is 0 Å². The summed E-state index contributed by atoms with van der Waals surface area (Å²) in [4.78, 5) is 5.33. The van der Waals surface area contributed by atoms with Crippen LogP contribution in [0.4, 0.5) is 0 Å². The van der Waals surface area contributed by atoms with Crippen LogP contribution < -0.4 is 5.32 Å². The summed E-state index contributed by atoms with van der Waals surface area (Å²) in [6, 6.07) is 3.83. The fourth-order valence-corrected chi connectivity index (χ4v) is 3.60. The number of rotatable bonds is 5. The molecule has 0 saturated carbocycles. The quantitative estimate of drug-likeness (QED) is 0.833. The maximum absolute atomic E-state index is 9.20. The van der Waals surface area contributed by atoms with E-state index < -0.39 is 0 Å². The monoisotopic (exact) mass is 278 g/mol. The van der Waals surface area contributed by atoms with E-state index in [0.29, 0.717) is 6.04 Å². The Kier molecular flexibility index (Phi) is 5.42. The predicted octanol–water partition coefficient (Wildman–Crippen LogP) is 1.83. The number of nitriles is 1. The van der Waals surface area contributed by atoms with Crippen LogP contribution in [-0.4, -0.2) is 60.6 Å². The van der Waals surface area contributed by atoms with Gasteiger partial charge in [-0.15, -0.1) is 0 Å². The predicted molar refractivity (Wildman–Crippen MR) is 82.6 cm³/mol. The second-order valence-corrected chi connectivity index (χ2v) is 6.79. The van der Waals surface area contributed by atoms with Crippen molar-refractivity contribution in [1.82, 2.24) is 15.1 Å². The number of fused-ring (bicyclic) bond motifs is 1. The molecular weight excluding hydrogens is 248 g/mol. The normalized spacial score (nSPS) is 31.3. The number of hydrogen-bond acceptors (Lipinski definition) is 4. The fourth-order valence-electron chi connectivity index (χ4n) is 3.60. The third-order valence-corrected chi connectivity index (χ3v) is 5.24. The first kappa shape index (κ1) is 15.8. The number of nitrogens with zero attached hydrogens (tertiary/aromatic N) is 3. The molecule has 1 N–H and O–H groups in total. The molecule has 3 atom stereocenters. The molecule has 3 unspecified atom stereocenters. The second-order valence-electron chi connectivity index (χ2n) is 6.79. The van der Waals surface area contributed by atoms with Gasteiger partial charge in [-0.25, -0.2) is 0 Å². The van der Waals surface area contributed by atoms with Gasteiger partial charge in [0, 0.05) is 25.2 Å². The van der Waals surface area contributed by atoms with Crippen molar-refractivity contribution < 1.29 is 0 Å². The zero-order valence-corrected chi connectivity index (χ0v) is 13.4. The standard InChI is InChI=1S/C16H30N4/c1-14-11-20-9-5-4-7-15(20)12-19(14)10-6-8-16(2,13-17)18-3/h14-15,18H,4-12H2,1-3H3. The minimum atomic E-state index is -0.365. The first-order valence-electron chi connectivity index (χ1n) is 8.16. The summed E-state index contributed by atoms with van der Waals surface area (Å²) < 4.78 is 0. The molecular formula is C16H30N4. The maximum atomic E-state index is 9.20. The number of hydrogen-bond donors (Lipinski definition) is 1. The Morgan fingerprint density at radius 1 is 1.35 bits per heavy atom. The molecule has 0 aliphatic carbocycles. The molecule has 2 saturated heterocycles. The van der Waals surface area contributed by atoms with Crippen LogP contribution in [0.1, 0.15) is 46.0 Å². The van der Waals surface area contributed by atoms with Gasteiger partial charge in [0.25, 0.3) is 0 Å². The number of piperidine rings is 1. The summed E-state index contributed by atoms with van der Waals surface area (Å²) >= 11 is 0. The van der Waals surface area contributed by atoms with Gasteiger partial charge >= 0.3 is 0 Å². The Morgan fingerprint density at radius 3 is 2.85 bits per heavy atom. The molecule has 0 bridgehead atoms. The lowest BCUT2D eigenvalue weighted by molar-refractivity contribution is 0.0141. The van der Waals surface area contributed by atoms with Gasteiger partial charge in [-0.2, -0.15) is 5.26 Å². The molecule has 2 heterocycles. The van der Waals surface area contributed by atoms with Crippen molar-refractivity contribution >= 4 is 0 Å². The summed E-state index contributed by atoms with van der Waals surface area (Å²) in [6.07, 6.45) is 6.18. The van der Waals surface area contributed by atoms with Crippen LogP contribution >= 0.6 is 0 Å². The molecule has 2 rings (SSSR count). The Balaban J connectivity index is 1.79. The van der Waals surface area contributed by atoms with Crippen molar-refractivity contribution in [2.24, 2.45) is 0 Å². The average molecular weight is 278 g/mol. The van der Waals surface area contributed by atoms with E-state index >= 15 is 0 Å². The second kappa shape index (κ2) is 6.89. The first-order chi connectivity index (χ1) is 9.58. The Morgan fingerprint density at radius 2 is 2.15 bits per heavy atom. The largest absolute Gasteiger partial charge is 0.303 e. The minimum Gasteiger partial charge on any atom is -0.303 e. The van der Waals surface area contributed by atoms with Crippen molar-refractivity contribution in [2.45, 2.75) is 63.6 Å². The van der Waals surface area contributed by atoms with Crippen molar-refractivity contribution in [3.8, 4) is 6.07 Å². The molecule has 2 aliphatic heterocycles. The van der Waals surface area contributed by atoms with Gasteiger partial charge in [0.2, 0.25) is 0 Å². The van der Waals surface area contributed by atoms with Crippen LogP contribution in [0.25, 0.3) is 0 Å². The first-order valence-corrected chi connectivity index (χ1v) is 8.16. The van der Waals surface area contributed by atoms with E-state index in [-0.39, 0.29) is 5.54 Å². The molecule has 0 aromatic heterocycles. The van der Waals surface area contributed by atoms with E-state index in [9.17, 15) is 5.26 Å². The SMILES string of the molecule is CNC(C)(C#N)CCCN1CC2CCCCN2CC1C. The van der Waals surface area contributed by atoms with Crippen molar-refractivity contribution in [2.75, 3.05) is 33.2 Å². The Hall–Kier alpha value is -0.630. The summed E-state index contributed by atoms with van der Waals surface area (Å²) in [7, 11) is 1.88. The molecule has 2 aliphatic rings. The number of piperazine rings is 1. The topological polar surface area (TPSA) is 42.3 Å². The molecule has 0 radical (unpaired) electrons. The van der Waals surface area contributed by atoms with Crippen molar-refractivity contribution in [1.29, 1.82) is 5.26 Å². The zero-order chi connectivity index (χ0) is 14.6. The van der Waals surface area contributed by atoms with Crippen LogP contribution in [0.5, 0.6) is 0 Å². The highest BCUT2D eigenvalue weighted by Crippen LogP contribution is 2.24. The summed E-state index contributed by atoms with van der Waals surface area (Å²) in [5.74, 6) is 0. The van der Waals surface area contributed by atoms with Gasteiger partial charge in [0.1, 0.15) is 5.54 Å². The molecule has 20 heavy (non-hydrogen) atoms. The van der Waals surface area contributed by atoms with E-state index in [2.05, 4.69) is 28.1 Å². The lowest BCUT2D eigenvalue weighted by Crippen LogP contribution is -2.58. The van der Waals surface area contributed by atoms with Gasteiger partial charge in [-0.1, -0.05) is 6.42 Å². The Bertz CT molecular complexity index is 351. The van der Waals surface area contributed by atoms with E-state index in [4.69, 9.17) is 0 Å². The lowest BCUT2D eigenvalue weighted by Gasteiger charge is -2.47. The summed E-state index contributed by atoms with van der Waals surface area (Å²) in [5, 5.41) is 12.3. The van der Waals surface area contributed by atoms with Crippen LogP contribution in [-0.2, 0) is 0 Å². The molecule has 0 aromatic rings. The Labute approximate surface area is 124 Å². The smallest absolute Gasteiger partial charge is 0.103 e. The lowest BCUT2D eigenvalue weighted by atomic mass is 9.95. The highest BCUT2D eigenvalue weighted by atomic mass is 15.3. The minimum absolute atomic E-state index is 0.365. The molecule has 114 valence electrons. The van der Waals surface area contributed by atoms with E-state index in [1.165, 1.54) is 38.9 Å². The third kappa shape index (κ3) is 3.72. The maximum Gasteiger partial charge on any atom is 0.103 e. The molecule has 4 heteroatoms. The third-order valence-electron chi connectivity index (χ3n) is 5.24. The van der Waals surface area contributed by atoms with Gasteiger partial charge < -0.3 is 5.32 Å². The fraction of sp³-hybridized carbons (Fsp3) is 0.938. The molecule has 0 amide bonds. The van der Waals surface area contributed by atoms with Crippen LogP contribution in [0, 0.1) is 11.3 Å². The molecule has 4 nitrogen and oxygen atoms in total. The van der Waals surface area contributed by atoms with Crippen LogP contribution in [0.15, 0.2) is 0 Å². The molecule has 2 fully saturated rings. The average Bonchev–Trinajstić information content (AvgIpc) is 2.47. The van der Waals surface area contributed by atoms with Gasteiger partial charge in [0.15, 0.2) is 0 Å². The van der Waals surface area contributed by atoms with Crippen molar-refractivity contribution in [3.63, 3.8) is 0 Å². The van der Waals surface area contributed by atoms with Gasteiger partial charge in [-0.3, -0.25) is 9.80 Å². The molecule has 0 aromatic carbocycles. The van der Waals surface area contributed by atoms with Gasteiger partial charge in [0.05, 0.1) is 6.07 Å². The highest BCUT2D eigenvalue weighted by Gasteiger charge is 2.32. The summed E-state index contributed by atoms with van der Waals surface area (Å²) in [5.41, 5.74) is -0.365. The van der Waals surface area contributed by atoms with Crippen LogP contribution in [0.3, 0.4) is 0 Å². The zero-order valence-electron chi connectivity index (χ0n) is 13.4. The highest BCUT2D eigenvalue weighted by molar-refractivity contribution is 5.02. The van der Waals surface area contributed by atoms with E-state index in [1.807, 2.05) is 14.0 Å². The molecule has 0 spiro atoms. The summed E-state index contributed by atoms with van der Waals surface area (Å²) in [6.45, 7) is 9.23. The number of nitrogens with one attached hydrogen (secondary N) is 1. The van der Waals surface area contributed by atoms with E-state index in [1.54, 1.807) is 0 Å². The van der Waals surface area contributed by atoms with Crippen molar-refractivity contribution in [3.05, 3.63) is 0 Å².